The molecule has 2 N–H and O–H groups in total. The Morgan fingerprint density at radius 2 is 2.32 bits per heavy atom. The molecule has 0 saturated carbocycles. The zero-order valence-corrected chi connectivity index (χ0v) is 11.3. The summed E-state index contributed by atoms with van der Waals surface area (Å²) in [5, 5.41) is 16.8. The molecule has 1 unspecified atom stereocenters. The van der Waals surface area contributed by atoms with Gasteiger partial charge in [0.15, 0.2) is 0 Å². The zero-order valence-electron chi connectivity index (χ0n) is 9.76. The molecule has 1 aliphatic heterocycles. The number of carboxylic acids is 1. The third kappa shape index (κ3) is 1.99. The molecule has 0 aliphatic carbocycles. The van der Waals surface area contributed by atoms with Crippen molar-refractivity contribution in [1.82, 2.24) is 10.2 Å². The van der Waals surface area contributed by atoms with Gasteiger partial charge in [-0.25, -0.2) is 0 Å². The Morgan fingerprint density at radius 3 is 3.00 bits per heavy atom. The van der Waals surface area contributed by atoms with Crippen LogP contribution in [0, 0.1) is 5.92 Å². The van der Waals surface area contributed by atoms with Gasteiger partial charge in [0.2, 0.25) is 5.91 Å². The van der Waals surface area contributed by atoms with Crippen LogP contribution in [0.4, 0.5) is 5.69 Å². The van der Waals surface area contributed by atoms with Gasteiger partial charge in [-0.3, -0.25) is 14.7 Å². The van der Waals surface area contributed by atoms with Crippen molar-refractivity contribution in [3.63, 3.8) is 0 Å². The molecule has 7 heteroatoms. The number of hydrogen-bond acceptors (Lipinski definition) is 3. The van der Waals surface area contributed by atoms with Crippen molar-refractivity contribution in [2.24, 2.45) is 5.92 Å². The van der Waals surface area contributed by atoms with E-state index in [2.05, 4.69) is 26.1 Å². The molecule has 3 rings (SSSR count). The van der Waals surface area contributed by atoms with E-state index < -0.39 is 11.9 Å². The summed E-state index contributed by atoms with van der Waals surface area (Å²) in [4.78, 5) is 24.3. The Labute approximate surface area is 116 Å². The molecule has 0 bridgehead atoms. The van der Waals surface area contributed by atoms with Crippen molar-refractivity contribution >= 4 is 44.4 Å². The second kappa shape index (κ2) is 4.34. The maximum atomic E-state index is 11.9. The second-order valence-electron chi connectivity index (χ2n) is 4.48. The molecule has 6 nitrogen and oxygen atoms in total. The van der Waals surface area contributed by atoms with Crippen LogP contribution in [0.15, 0.2) is 22.8 Å². The number of amides is 1. The minimum Gasteiger partial charge on any atom is -0.481 e. The number of hydrogen-bond donors (Lipinski definition) is 2. The monoisotopic (exact) mass is 323 g/mol. The highest BCUT2D eigenvalue weighted by atomic mass is 79.9. The lowest BCUT2D eigenvalue weighted by atomic mass is 10.1. The Bertz CT molecular complexity index is 682. The normalized spacial score (nSPS) is 19.3. The van der Waals surface area contributed by atoms with Gasteiger partial charge in [-0.2, -0.15) is 5.10 Å². The van der Waals surface area contributed by atoms with E-state index in [0.29, 0.717) is 5.69 Å². The number of nitrogens with zero attached hydrogens (tertiary/aromatic N) is 2. The van der Waals surface area contributed by atoms with E-state index in [1.807, 2.05) is 6.07 Å². The van der Waals surface area contributed by atoms with Crippen molar-refractivity contribution in [3.05, 3.63) is 22.8 Å². The smallest absolute Gasteiger partial charge is 0.308 e. The van der Waals surface area contributed by atoms with Crippen molar-refractivity contribution in [2.45, 2.75) is 6.42 Å². The number of benzene rings is 1. The van der Waals surface area contributed by atoms with Gasteiger partial charge >= 0.3 is 5.97 Å². The quantitative estimate of drug-likeness (QED) is 0.881. The predicted molar refractivity (Wildman–Crippen MR) is 71.9 cm³/mol. The number of aromatic amines is 1. The average molecular weight is 324 g/mol. The molecule has 0 radical (unpaired) electrons. The molecule has 0 spiro atoms. The molecule has 98 valence electrons. The fraction of sp³-hybridized carbons (Fsp3) is 0.250. The average Bonchev–Trinajstić information content (AvgIpc) is 2.93. The summed E-state index contributed by atoms with van der Waals surface area (Å²) in [7, 11) is 0. The van der Waals surface area contributed by atoms with Crippen LogP contribution in [0.3, 0.4) is 0 Å². The number of anilines is 1. The predicted octanol–water partition coefficient (Wildman–Crippen LogP) is 1.76. The number of carbonyl (C=O) groups excluding carboxylic acids is 1. The number of rotatable bonds is 2. The first kappa shape index (κ1) is 12.2. The number of aromatic nitrogens is 2. The van der Waals surface area contributed by atoms with Gasteiger partial charge in [0, 0.05) is 24.0 Å². The molecule has 1 saturated heterocycles. The van der Waals surface area contributed by atoms with E-state index in [4.69, 9.17) is 5.11 Å². The minimum absolute atomic E-state index is 0.0532. The van der Waals surface area contributed by atoms with Gasteiger partial charge in [0.05, 0.1) is 11.4 Å². The van der Waals surface area contributed by atoms with Crippen molar-refractivity contribution in [2.75, 3.05) is 11.4 Å². The molecular weight excluding hydrogens is 314 g/mol. The Kier molecular flexibility index (Phi) is 2.78. The molecule has 1 atom stereocenters. The van der Waals surface area contributed by atoms with Gasteiger partial charge in [-0.15, -0.1) is 0 Å². The third-order valence-electron chi connectivity index (χ3n) is 3.28. The number of nitrogens with one attached hydrogen (secondary N) is 1. The van der Waals surface area contributed by atoms with Crippen LogP contribution in [0.25, 0.3) is 10.9 Å². The van der Waals surface area contributed by atoms with Crippen LogP contribution in [0.1, 0.15) is 6.42 Å². The van der Waals surface area contributed by atoms with Crippen LogP contribution < -0.4 is 4.90 Å². The van der Waals surface area contributed by atoms with Gasteiger partial charge in [0.1, 0.15) is 4.60 Å². The minimum atomic E-state index is -0.931. The lowest BCUT2D eigenvalue weighted by molar-refractivity contribution is -0.141. The maximum absolute atomic E-state index is 11.9. The van der Waals surface area contributed by atoms with E-state index in [9.17, 15) is 9.59 Å². The Morgan fingerprint density at radius 1 is 1.53 bits per heavy atom. The summed E-state index contributed by atoms with van der Waals surface area (Å²) < 4.78 is 0.783. The molecule has 1 aliphatic rings. The zero-order chi connectivity index (χ0) is 13.6. The third-order valence-corrected chi connectivity index (χ3v) is 3.88. The van der Waals surface area contributed by atoms with Gasteiger partial charge in [0.25, 0.3) is 0 Å². The van der Waals surface area contributed by atoms with Crippen LogP contribution in [-0.4, -0.2) is 33.7 Å². The molecule has 2 aromatic rings. The van der Waals surface area contributed by atoms with Gasteiger partial charge in [-0.1, -0.05) is 0 Å². The molecular formula is C12H10BrN3O3. The molecule has 1 aromatic carbocycles. The van der Waals surface area contributed by atoms with Crippen molar-refractivity contribution < 1.29 is 14.7 Å². The first-order chi connectivity index (χ1) is 9.06. The van der Waals surface area contributed by atoms with Crippen LogP contribution in [0.5, 0.6) is 0 Å². The summed E-state index contributed by atoms with van der Waals surface area (Å²) in [6.45, 7) is 0.214. The molecule has 1 fully saturated rings. The van der Waals surface area contributed by atoms with E-state index in [0.717, 1.165) is 15.5 Å². The standard InChI is InChI=1S/C12H10BrN3O3/c13-11-8-2-1-7(4-9(8)14-15-11)16-5-6(12(18)19)3-10(16)17/h1-2,4,6H,3,5H2,(H,14,15)(H,18,19). The fourth-order valence-corrected chi connectivity index (χ4v) is 2.68. The molecule has 1 amide bonds. The highest BCUT2D eigenvalue weighted by Crippen LogP contribution is 2.29. The summed E-state index contributed by atoms with van der Waals surface area (Å²) in [5.74, 6) is -1.73. The lowest BCUT2D eigenvalue weighted by Crippen LogP contribution is -2.25. The van der Waals surface area contributed by atoms with Crippen LogP contribution in [-0.2, 0) is 9.59 Å². The molecule has 1 aromatic heterocycles. The number of aliphatic carboxylic acids is 1. The first-order valence-electron chi connectivity index (χ1n) is 5.73. The molecule has 19 heavy (non-hydrogen) atoms. The molecule has 2 heterocycles. The van der Waals surface area contributed by atoms with E-state index in [1.54, 1.807) is 12.1 Å². The largest absolute Gasteiger partial charge is 0.481 e. The summed E-state index contributed by atoms with van der Waals surface area (Å²) >= 11 is 3.34. The summed E-state index contributed by atoms with van der Waals surface area (Å²) in [6.07, 6.45) is 0.0532. The SMILES string of the molecule is O=C(O)C1CC(=O)N(c2ccc3c(Br)[nH]nc3c2)C1. The van der Waals surface area contributed by atoms with Crippen LogP contribution in [0.2, 0.25) is 0 Å². The second-order valence-corrected chi connectivity index (χ2v) is 5.28. The van der Waals surface area contributed by atoms with Gasteiger partial charge < -0.3 is 10.0 Å². The Balaban J connectivity index is 1.96. The highest BCUT2D eigenvalue weighted by molar-refractivity contribution is 9.10. The Hall–Kier alpha value is -1.89. The maximum Gasteiger partial charge on any atom is 0.308 e. The number of carboxylic acid groups (broad SMARTS) is 1. The fourth-order valence-electron chi connectivity index (χ4n) is 2.26. The topological polar surface area (TPSA) is 86.3 Å². The number of fused-ring (bicyclic) bond motifs is 1. The number of H-pyrrole nitrogens is 1. The summed E-state index contributed by atoms with van der Waals surface area (Å²) in [5.41, 5.74) is 1.41. The highest BCUT2D eigenvalue weighted by Gasteiger charge is 2.35. The van der Waals surface area contributed by atoms with Gasteiger partial charge in [-0.05, 0) is 34.1 Å². The van der Waals surface area contributed by atoms with Crippen molar-refractivity contribution in [3.8, 4) is 0 Å². The lowest BCUT2D eigenvalue weighted by Gasteiger charge is -2.15. The number of halogens is 1. The van der Waals surface area contributed by atoms with E-state index >= 15 is 0 Å². The van der Waals surface area contributed by atoms with Crippen molar-refractivity contribution in [1.29, 1.82) is 0 Å². The van der Waals surface area contributed by atoms with Crippen LogP contribution >= 0.6 is 15.9 Å². The van der Waals surface area contributed by atoms with E-state index in [-0.39, 0.29) is 18.9 Å². The summed E-state index contributed by atoms with van der Waals surface area (Å²) in [6, 6.07) is 5.42. The van der Waals surface area contributed by atoms with E-state index in [1.165, 1.54) is 4.90 Å². The number of carbonyl (C=O) groups is 2. The first-order valence-corrected chi connectivity index (χ1v) is 6.52.